The second kappa shape index (κ2) is 5.01. The maximum atomic E-state index is 4.61. The molecule has 0 N–H and O–H groups in total. The highest BCUT2D eigenvalue weighted by Gasteiger charge is 2.31. The molecule has 1 aliphatic rings. The molecule has 1 saturated heterocycles. The van der Waals surface area contributed by atoms with Crippen LogP contribution < -0.4 is 4.90 Å². The third-order valence-corrected chi connectivity index (χ3v) is 3.87. The molecule has 20 heavy (non-hydrogen) atoms. The monoisotopic (exact) mass is 274 g/mol. The second-order valence-electron chi connectivity index (χ2n) is 6.10. The van der Waals surface area contributed by atoms with Gasteiger partial charge in [0.25, 0.3) is 0 Å². The van der Waals surface area contributed by atoms with Crippen molar-refractivity contribution in [1.29, 1.82) is 0 Å². The second-order valence-corrected chi connectivity index (χ2v) is 6.10. The van der Waals surface area contributed by atoms with Gasteiger partial charge in [-0.25, -0.2) is 0 Å². The van der Waals surface area contributed by atoms with Crippen LogP contribution in [0, 0.1) is 12.8 Å². The van der Waals surface area contributed by atoms with E-state index in [1.165, 1.54) is 0 Å². The Balaban J connectivity index is 1.67. The first-order valence-corrected chi connectivity index (χ1v) is 7.19. The molecule has 2 aromatic heterocycles. The van der Waals surface area contributed by atoms with E-state index < -0.39 is 0 Å². The predicted molar refractivity (Wildman–Crippen MR) is 79.0 cm³/mol. The van der Waals surface area contributed by atoms with Gasteiger partial charge in [0.1, 0.15) is 5.82 Å². The molecule has 3 rings (SSSR count). The summed E-state index contributed by atoms with van der Waals surface area (Å²) in [5, 5.41) is 12.7. The summed E-state index contributed by atoms with van der Waals surface area (Å²) in [5.41, 5.74) is 0.806. The molecule has 6 nitrogen and oxygen atoms in total. The van der Waals surface area contributed by atoms with Crippen LogP contribution in [0.5, 0.6) is 0 Å². The van der Waals surface area contributed by atoms with E-state index in [2.05, 4.69) is 46.0 Å². The minimum Gasteiger partial charge on any atom is -0.352 e. The van der Waals surface area contributed by atoms with Crippen molar-refractivity contribution < 1.29 is 0 Å². The van der Waals surface area contributed by atoms with Crippen LogP contribution in [-0.2, 0) is 0 Å². The van der Waals surface area contributed by atoms with Crippen LogP contribution >= 0.6 is 0 Å². The van der Waals surface area contributed by atoms with Gasteiger partial charge in [-0.15, -0.1) is 15.3 Å². The first-order chi connectivity index (χ1) is 9.54. The topological polar surface area (TPSA) is 49.6 Å². The van der Waals surface area contributed by atoms with Crippen LogP contribution in [0.3, 0.4) is 0 Å². The van der Waals surface area contributed by atoms with E-state index >= 15 is 0 Å². The summed E-state index contributed by atoms with van der Waals surface area (Å²) in [6.45, 7) is 9.68. The average Bonchev–Trinajstić information content (AvgIpc) is 2.68. The van der Waals surface area contributed by atoms with Crippen molar-refractivity contribution >= 4 is 11.5 Å². The Labute approximate surface area is 119 Å². The average molecular weight is 274 g/mol. The molecule has 0 radical (unpaired) electrons. The van der Waals surface area contributed by atoms with Gasteiger partial charge in [0.15, 0.2) is 11.5 Å². The quantitative estimate of drug-likeness (QED) is 0.839. The van der Waals surface area contributed by atoms with Gasteiger partial charge in [-0.05, 0) is 32.0 Å². The molecule has 6 heteroatoms. The van der Waals surface area contributed by atoms with Crippen LogP contribution in [0.2, 0.25) is 0 Å². The van der Waals surface area contributed by atoms with Crippen molar-refractivity contribution in [2.75, 3.05) is 31.6 Å². The standard InChI is InChI=1S/C14H22N6/c1-10(2)7-18(4)12-8-19(9-12)14-6-5-13-16-15-11(3)20(13)17-14/h5-6,10,12H,7-9H2,1-4H3. The summed E-state index contributed by atoms with van der Waals surface area (Å²) < 4.78 is 1.81. The first-order valence-electron chi connectivity index (χ1n) is 7.19. The number of hydrogen-bond acceptors (Lipinski definition) is 5. The van der Waals surface area contributed by atoms with Crippen molar-refractivity contribution in [1.82, 2.24) is 24.7 Å². The number of aryl methyl sites for hydroxylation is 1. The first kappa shape index (κ1) is 13.3. The predicted octanol–water partition coefficient (Wildman–Crippen LogP) is 1.21. The largest absolute Gasteiger partial charge is 0.352 e. The number of hydrogen-bond donors (Lipinski definition) is 0. The normalized spacial score (nSPS) is 16.4. The van der Waals surface area contributed by atoms with Crippen LogP contribution in [0.15, 0.2) is 12.1 Å². The van der Waals surface area contributed by atoms with Crippen molar-refractivity contribution in [3.63, 3.8) is 0 Å². The van der Waals surface area contributed by atoms with E-state index in [1.807, 2.05) is 19.1 Å². The van der Waals surface area contributed by atoms with Crippen LogP contribution in [-0.4, -0.2) is 57.4 Å². The lowest BCUT2D eigenvalue weighted by Crippen LogP contribution is -2.59. The molecule has 0 aliphatic carbocycles. The Morgan fingerprint density at radius 1 is 1.30 bits per heavy atom. The van der Waals surface area contributed by atoms with E-state index in [-0.39, 0.29) is 0 Å². The number of fused-ring (bicyclic) bond motifs is 1. The van der Waals surface area contributed by atoms with Crippen LogP contribution in [0.1, 0.15) is 19.7 Å². The molecule has 0 unspecified atom stereocenters. The molecular formula is C14H22N6. The molecule has 1 aliphatic heterocycles. The molecule has 0 aromatic carbocycles. The zero-order valence-corrected chi connectivity index (χ0v) is 12.6. The van der Waals surface area contributed by atoms with Gasteiger partial charge in [0.2, 0.25) is 0 Å². The molecule has 0 saturated carbocycles. The molecule has 3 heterocycles. The third-order valence-electron chi connectivity index (χ3n) is 3.87. The van der Waals surface area contributed by atoms with Crippen molar-refractivity contribution in [2.24, 2.45) is 5.92 Å². The van der Waals surface area contributed by atoms with E-state index in [4.69, 9.17) is 0 Å². The van der Waals surface area contributed by atoms with E-state index in [0.29, 0.717) is 12.0 Å². The Hall–Kier alpha value is -1.69. The summed E-state index contributed by atoms with van der Waals surface area (Å²) in [6.07, 6.45) is 0. The summed E-state index contributed by atoms with van der Waals surface area (Å²) >= 11 is 0. The number of likely N-dealkylation sites (N-methyl/N-ethyl adjacent to an activating group) is 1. The zero-order valence-electron chi connectivity index (χ0n) is 12.6. The minimum absolute atomic E-state index is 0.636. The number of rotatable bonds is 4. The van der Waals surface area contributed by atoms with Gasteiger partial charge in [-0.2, -0.15) is 4.52 Å². The number of nitrogens with zero attached hydrogens (tertiary/aromatic N) is 6. The summed E-state index contributed by atoms with van der Waals surface area (Å²) in [5.74, 6) is 2.55. The zero-order chi connectivity index (χ0) is 14.3. The maximum absolute atomic E-state index is 4.61. The molecule has 2 aromatic rings. The van der Waals surface area contributed by atoms with Gasteiger partial charge < -0.3 is 4.90 Å². The lowest BCUT2D eigenvalue weighted by atomic mass is 10.1. The van der Waals surface area contributed by atoms with E-state index in [0.717, 1.165) is 36.9 Å². The lowest BCUT2D eigenvalue weighted by molar-refractivity contribution is 0.185. The maximum Gasteiger partial charge on any atom is 0.178 e. The van der Waals surface area contributed by atoms with Crippen molar-refractivity contribution in [2.45, 2.75) is 26.8 Å². The summed E-state index contributed by atoms with van der Waals surface area (Å²) in [7, 11) is 2.21. The fourth-order valence-corrected chi connectivity index (χ4v) is 2.70. The fraction of sp³-hybridized carbons (Fsp3) is 0.643. The van der Waals surface area contributed by atoms with Crippen molar-refractivity contribution in [3.05, 3.63) is 18.0 Å². The smallest absolute Gasteiger partial charge is 0.178 e. The molecule has 0 spiro atoms. The van der Waals surface area contributed by atoms with E-state index in [1.54, 1.807) is 4.52 Å². The molecule has 108 valence electrons. The molecule has 0 bridgehead atoms. The Morgan fingerprint density at radius 3 is 2.75 bits per heavy atom. The Morgan fingerprint density at radius 2 is 2.05 bits per heavy atom. The van der Waals surface area contributed by atoms with Gasteiger partial charge in [-0.3, -0.25) is 4.90 Å². The number of aromatic nitrogens is 4. The highest BCUT2D eigenvalue weighted by Crippen LogP contribution is 2.22. The molecule has 0 atom stereocenters. The Bertz CT molecular complexity index is 599. The van der Waals surface area contributed by atoms with Crippen LogP contribution in [0.25, 0.3) is 5.65 Å². The fourth-order valence-electron chi connectivity index (χ4n) is 2.70. The molecule has 0 amide bonds. The third kappa shape index (κ3) is 2.35. The van der Waals surface area contributed by atoms with Crippen molar-refractivity contribution in [3.8, 4) is 0 Å². The van der Waals surface area contributed by atoms with Gasteiger partial charge in [0.05, 0.1) is 0 Å². The van der Waals surface area contributed by atoms with E-state index in [9.17, 15) is 0 Å². The molecular weight excluding hydrogens is 252 g/mol. The summed E-state index contributed by atoms with van der Waals surface area (Å²) in [6, 6.07) is 4.65. The van der Waals surface area contributed by atoms with Crippen LogP contribution in [0.4, 0.5) is 5.82 Å². The SMILES string of the molecule is Cc1nnc2ccc(N3CC(N(C)CC(C)C)C3)nn12. The Kier molecular flexibility index (Phi) is 3.33. The van der Waals surface area contributed by atoms with Gasteiger partial charge in [0, 0.05) is 25.7 Å². The van der Waals surface area contributed by atoms with Gasteiger partial charge >= 0.3 is 0 Å². The summed E-state index contributed by atoms with van der Waals surface area (Å²) in [4.78, 5) is 4.75. The highest BCUT2D eigenvalue weighted by molar-refractivity contribution is 5.47. The van der Waals surface area contributed by atoms with Gasteiger partial charge in [-0.1, -0.05) is 13.8 Å². The number of anilines is 1. The highest BCUT2D eigenvalue weighted by atomic mass is 15.4. The minimum atomic E-state index is 0.636. The lowest BCUT2D eigenvalue weighted by Gasteiger charge is -2.45. The molecule has 1 fully saturated rings.